The summed E-state index contributed by atoms with van der Waals surface area (Å²) in [6.07, 6.45) is 0.170. The summed E-state index contributed by atoms with van der Waals surface area (Å²) in [5.74, 6) is -0.567. The Hall–Kier alpha value is -2.55. The Morgan fingerprint density at radius 2 is 1.89 bits per heavy atom. The Labute approximate surface area is 109 Å². The Kier molecular flexibility index (Phi) is 3.38. The van der Waals surface area contributed by atoms with Crippen LogP contribution in [0.15, 0.2) is 24.7 Å². The zero-order chi connectivity index (χ0) is 14.0. The first kappa shape index (κ1) is 12.9. The number of rotatable bonds is 2. The van der Waals surface area contributed by atoms with E-state index in [1.54, 1.807) is 0 Å². The van der Waals surface area contributed by atoms with Crippen molar-refractivity contribution in [3.63, 3.8) is 0 Å². The van der Waals surface area contributed by atoms with E-state index in [0.29, 0.717) is 5.56 Å². The summed E-state index contributed by atoms with van der Waals surface area (Å²) in [4.78, 5) is 29.2. The van der Waals surface area contributed by atoms with Crippen molar-refractivity contribution in [2.45, 2.75) is 0 Å². The summed E-state index contributed by atoms with van der Waals surface area (Å²) in [6.45, 7) is 0. The Morgan fingerprint density at radius 1 is 1.21 bits per heavy atom. The molecule has 0 aliphatic rings. The molecule has 0 saturated heterocycles. The van der Waals surface area contributed by atoms with Crippen molar-refractivity contribution in [1.29, 1.82) is 0 Å². The number of hydrogen-bond acceptors (Lipinski definition) is 5. The summed E-state index contributed by atoms with van der Waals surface area (Å²) in [6, 6.07) is 1.17. The van der Waals surface area contributed by atoms with Crippen LogP contribution in [0.1, 0.15) is 0 Å². The molecule has 9 heteroatoms. The van der Waals surface area contributed by atoms with Crippen LogP contribution in [-0.4, -0.2) is 32.4 Å². The van der Waals surface area contributed by atoms with Gasteiger partial charge in [0.15, 0.2) is 0 Å². The lowest BCUT2D eigenvalue weighted by Crippen LogP contribution is -2.33. The highest BCUT2D eigenvalue weighted by Crippen LogP contribution is 2.31. The Bertz CT molecular complexity index is 631. The van der Waals surface area contributed by atoms with E-state index in [9.17, 15) is 14.0 Å². The highest BCUT2D eigenvalue weighted by Gasteiger charge is 2.24. The number of imide groups is 1. The van der Waals surface area contributed by atoms with Gasteiger partial charge in [-0.2, -0.15) is 4.90 Å². The van der Waals surface area contributed by atoms with Gasteiger partial charge in [-0.15, -0.1) is 0 Å². The van der Waals surface area contributed by atoms with Crippen molar-refractivity contribution < 1.29 is 24.2 Å². The van der Waals surface area contributed by atoms with E-state index in [2.05, 4.69) is 9.97 Å². The summed E-state index contributed by atoms with van der Waals surface area (Å²) >= 11 is 0.806. The van der Waals surface area contributed by atoms with E-state index in [-0.39, 0.29) is 14.9 Å². The van der Waals surface area contributed by atoms with Gasteiger partial charge in [-0.3, -0.25) is 4.98 Å². The molecule has 0 fully saturated rings. The molecular weight excluding hydrogens is 277 g/mol. The molecule has 0 aliphatic carbocycles. The molecule has 7 nitrogen and oxygen atoms in total. The van der Waals surface area contributed by atoms with Gasteiger partial charge in [0.05, 0.1) is 12.4 Å². The van der Waals surface area contributed by atoms with Crippen LogP contribution in [-0.2, 0) is 0 Å². The van der Waals surface area contributed by atoms with Crippen molar-refractivity contribution in [2.75, 3.05) is 4.90 Å². The van der Waals surface area contributed by atoms with Gasteiger partial charge < -0.3 is 10.2 Å². The van der Waals surface area contributed by atoms with Gasteiger partial charge in [-0.25, -0.2) is 19.0 Å². The number of aromatic nitrogens is 2. The van der Waals surface area contributed by atoms with Crippen LogP contribution >= 0.6 is 11.3 Å². The highest BCUT2D eigenvalue weighted by atomic mass is 32.1. The molecule has 2 heterocycles. The number of thiazole rings is 1. The number of carbonyl (C=O) groups is 2. The molecule has 2 rings (SSSR count). The van der Waals surface area contributed by atoms with Gasteiger partial charge >= 0.3 is 12.2 Å². The minimum Gasteiger partial charge on any atom is -0.464 e. The highest BCUT2D eigenvalue weighted by molar-refractivity contribution is 7.19. The Balaban J connectivity index is 2.38. The van der Waals surface area contributed by atoms with E-state index in [4.69, 9.17) is 10.2 Å². The number of halogens is 1. The molecule has 2 aromatic heterocycles. The predicted molar refractivity (Wildman–Crippen MR) is 63.8 cm³/mol. The normalized spacial score (nSPS) is 10.2. The maximum absolute atomic E-state index is 13.0. The summed E-state index contributed by atoms with van der Waals surface area (Å²) in [5, 5.41) is 17.7. The monoisotopic (exact) mass is 283 g/mol. The number of anilines is 1. The first-order valence-electron chi connectivity index (χ1n) is 4.82. The molecule has 0 aliphatic heterocycles. The zero-order valence-electron chi connectivity index (χ0n) is 9.15. The fraction of sp³-hybridized carbons (Fsp3) is 0. The van der Waals surface area contributed by atoms with E-state index < -0.39 is 18.0 Å². The first-order valence-corrected chi connectivity index (χ1v) is 5.63. The van der Waals surface area contributed by atoms with Gasteiger partial charge in [-0.05, 0) is 6.07 Å². The second-order valence-corrected chi connectivity index (χ2v) is 4.31. The lowest BCUT2D eigenvalue weighted by molar-refractivity contribution is 0.184. The molecule has 0 aromatic carbocycles. The van der Waals surface area contributed by atoms with Crippen LogP contribution in [0.3, 0.4) is 0 Å². The van der Waals surface area contributed by atoms with Crippen molar-refractivity contribution in [2.24, 2.45) is 0 Å². The molecule has 2 amide bonds. The smallest absolute Gasteiger partial charge is 0.422 e. The molecule has 98 valence electrons. The van der Waals surface area contributed by atoms with Crippen LogP contribution in [0.5, 0.6) is 0 Å². The van der Waals surface area contributed by atoms with Crippen LogP contribution < -0.4 is 4.90 Å². The number of pyridine rings is 1. The van der Waals surface area contributed by atoms with Crippen LogP contribution in [0.2, 0.25) is 0 Å². The van der Waals surface area contributed by atoms with E-state index in [1.807, 2.05) is 0 Å². The summed E-state index contributed by atoms with van der Waals surface area (Å²) in [5.41, 5.74) is 0.340. The molecule has 0 unspecified atom stereocenters. The third kappa shape index (κ3) is 2.65. The maximum atomic E-state index is 13.0. The molecular formula is C10H6FN3O4S. The van der Waals surface area contributed by atoms with Gasteiger partial charge in [-0.1, -0.05) is 11.3 Å². The summed E-state index contributed by atoms with van der Waals surface area (Å²) < 4.78 is 13.0. The van der Waals surface area contributed by atoms with Crippen molar-refractivity contribution in [3.8, 4) is 10.6 Å². The van der Waals surface area contributed by atoms with E-state index in [1.165, 1.54) is 12.3 Å². The van der Waals surface area contributed by atoms with Crippen molar-refractivity contribution in [1.82, 2.24) is 9.97 Å². The lowest BCUT2D eigenvalue weighted by atomic mass is 10.3. The van der Waals surface area contributed by atoms with Gasteiger partial charge in [0, 0.05) is 11.8 Å². The average Bonchev–Trinajstić information content (AvgIpc) is 2.77. The maximum Gasteiger partial charge on any atom is 0.422 e. The van der Waals surface area contributed by atoms with Crippen molar-refractivity contribution in [3.05, 3.63) is 30.5 Å². The molecule has 0 radical (unpaired) electrons. The number of amides is 2. The van der Waals surface area contributed by atoms with Gasteiger partial charge in [0.2, 0.25) is 0 Å². The fourth-order valence-electron chi connectivity index (χ4n) is 1.30. The van der Waals surface area contributed by atoms with Crippen LogP contribution in [0.4, 0.5) is 19.0 Å². The third-order valence-electron chi connectivity index (χ3n) is 2.05. The third-order valence-corrected chi connectivity index (χ3v) is 3.08. The molecule has 2 N–H and O–H groups in total. The SMILES string of the molecule is O=C(O)N(C(=O)O)c1cnc(-c2cncc(F)c2)s1. The average molecular weight is 283 g/mol. The minimum absolute atomic E-state index is 0.0979. The second-order valence-electron chi connectivity index (χ2n) is 3.30. The summed E-state index contributed by atoms with van der Waals surface area (Å²) in [7, 11) is 0. The lowest BCUT2D eigenvalue weighted by Gasteiger charge is -2.08. The van der Waals surface area contributed by atoms with E-state index >= 15 is 0 Å². The minimum atomic E-state index is -1.64. The van der Waals surface area contributed by atoms with Crippen LogP contribution in [0, 0.1) is 5.82 Å². The standard InChI is InChI=1S/C10H6FN3O4S/c11-6-1-5(2-12-3-6)8-13-4-7(19-8)14(9(15)16)10(17)18/h1-4H,(H,15,16)(H,17,18). The first-order chi connectivity index (χ1) is 8.99. The van der Waals surface area contributed by atoms with E-state index in [0.717, 1.165) is 23.7 Å². The predicted octanol–water partition coefficient (Wildman–Crippen LogP) is 2.51. The molecule has 0 atom stereocenters. The van der Waals surface area contributed by atoms with Gasteiger partial charge in [0.1, 0.15) is 15.8 Å². The topological polar surface area (TPSA) is 104 Å². The second kappa shape index (κ2) is 4.98. The number of nitrogens with zero attached hydrogens (tertiary/aromatic N) is 3. The quantitative estimate of drug-likeness (QED) is 0.877. The molecule has 0 saturated carbocycles. The van der Waals surface area contributed by atoms with Gasteiger partial charge in [0.25, 0.3) is 0 Å². The van der Waals surface area contributed by atoms with Crippen LogP contribution in [0.25, 0.3) is 10.6 Å². The molecule has 2 aromatic rings. The molecule has 19 heavy (non-hydrogen) atoms. The van der Waals surface area contributed by atoms with Crippen molar-refractivity contribution >= 4 is 28.5 Å². The molecule has 0 bridgehead atoms. The number of carboxylic acid groups (broad SMARTS) is 2. The number of hydrogen-bond donors (Lipinski definition) is 2. The molecule has 0 spiro atoms. The fourth-order valence-corrected chi connectivity index (χ4v) is 2.19. The Morgan fingerprint density at radius 3 is 2.47 bits per heavy atom. The zero-order valence-corrected chi connectivity index (χ0v) is 9.96. The largest absolute Gasteiger partial charge is 0.464 e.